The van der Waals surface area contributed by atoms with Crippen molar-refractivity contribution in [2.24, 2.45) is 0 Å². The van der Waals surface area contributed by atoms with Gasteiger partial charge < -0.3 is 20.3 Å². The number of nitrogen functional groups attached to an aromatic ring is 1. The largest absolute Gasteiger partial charge is 0.490 e. The van der Waals surface area contributed by atoms with Crippen LogP contribution in [0, 0.1) is 5.82 Å². The molecular weight excluding hydrogens is 257 g/mol. The Bertz CT molecular complexity index is 445. The fourth-order valence-electron chi connectivity index (χ4n) is 2.46. The molecule has 1 fully saturated rings. The molecule has 0 bridgehead atoms. The van der Waals surface area contributed by atoms with Gasteiger partial charge in [0.1, 0.15) is 0 Å². The second kappa shape index (κ2) is 6.79. The van der Waals surface area contributed by atoms with Crippen LogP contribution in [0.25, 0.3) is 0 Å². The van der Waals surface area contributed by atoms with Crippen LogP contribution in [0.15, 0.2) is 12.1 Å². The molecule has 0 aliphatic carbocycles. The summed E-state index contributed by atoms with van der Waals surface area (Å²) < 4.78 is 19.3. The first kappa shape index (κ1) is 14.9. The summed E-state index contributed by atoms with van der Waals surface area (Å²) in [5.74, 6) is -0.0825. The van der Waals surface area contributed by atoms with Gasteiger partial charge in [-0.2, -0.15) is 0 Å². The van der Waals surface area contributed by atoms with Crippen LogP contribution in [0.3, 0.4) is 0 Å². The van der Waals surface area contributed by atoms with Gasteiger partial charge >= 0.3 is 0 Å². The standard InChI is InChI=1S/C15H24FN3O/c1-3-9-20-15-11-14(13(17)10-12(15)16)19-7-5-18(4-2)6-8-19/h10-11H,3-9,17H2,1-2H3. The fraction of sp³-hybridized carbons (Fsp3) is 0.600. The van der Waals surface area contributed by atoms with Gasteiger partial charge in [0.15, 0.2) is 11.6 Å². The smallest absolute Gasteiger partial charge is 0.167 e. The molecule has 20 heavy (non-hydrogen) atoms. The van der Waals surface area contributed by atoms with Gasteiger partial charge in [0.2, 0.25) is 0 Å². The first-order valence-corrected chi connectivity index (χ1v) is 7.34. The molecule has 0 unspecified atom stereocenters. The molecule has 0 atom stereocenters. The quantitative estimate of drug-likeness (QED) is 0.841. The molecule has 0 radical (unpaired) electrons. The van der Waals surface area contributed by atoms with Crippen molar-refractivity contribution in [1.82, 2.24) is 4.90 Å². The number of rotatable bonds is 5. The van der Waals surface area contributed by atoms with Gasteiger partial charge in [-0.05, 0) is 13.0 Å². The number of piperazine rings is 1. The second-order valence-corrected chi connectivity index (χ2v) is 5.11. The molecule has 0 saturated carbocycles. The van der Waals surface area contributed by atoms with Crippen LogP contribution in [0.1, 0.15) is 20.3 Å². The number of likely N-dealkylation sites (N-methyl/N-ethyl adjacent to an activating group) is 1. The molecule has 4 nitrogen and oxygen atoms in total. The molecule has 1 aromatic carbocycles. The molecule has 2 rings (SSSR count). The number of benzene rings is 1. The maximum absolute atomic E-state index is 13.8. The van der Waals surface area contributed by atoms with Gasteiger partial charge in [-0.25, -0.2) is 4.39 Å². The van der Waals surface area contributed by atoms with E-state index in [1.807, 2.05) is 6.92 Å². The summed E-state index contributed by atoms with van der Waals surface area (Å²) in [6.45, 7) is 9.60. The number of halogens is 1. The molecule has 1 aliphatic rings. The SMILES string of the molecule is CCCOc1cc(N2CCN(CC)CC2)c(N)cc1F. The van der Waals surface area contributed by atoms with E-state index in [9.17, 15) is 4.39 Å². The molecular formula is C15H24FN3O. The highest BCUT2D eigenvalue weighted by Crippen LogP contribution is 2.31. The number of hydrogen-bond acceptors (Lipinski definition) is 4. The third-order valence-electron chi connectivity index (χ3n) is 3.70. The van der Waals surface area contributed by atoms with E-state index in [4.69, 9.17) is 10.5 Å². The fourth-order valence-corrected chi connectivity index (χ4v) is 2.46. The molecule has 2 N–H and O–H groups in total. The van der Waals surface area contributed by atoms with Crippen molar-refractivity contribution in [3.8, 4) is 5.75 Å². The Morgan fingerprint density at radius 3 is 2.50 bits per heavy atom. The lowest BCUT2D eigenvalue weighted by atomic mass is 10.2. The minimum atomic E-state index is -0.383. The second-order valence-electron chi connectivity index (χ2n) is 5.11. The van der Waals surface area contributed by atoms with E-state index in [-0.39, 0.29) is 5.82 Å². The Balaban J connectivity index is 2.14. The van der Waals surface area contributed by atoms with E-state index < -0.39 is 0 Å². The summed E-state index contributed by atoms with van der Waals surface area (Å²) >= 11 is 0. The van der Waals surface area contributed by atoms with Crippen LogP contribution in [0.2, 0.25) is 0 Å². The topological polar surface area (TPSA) is 41.7 Å². The number of nitrogens with two attached hydrogens (primary N) is 1. The zero-order chi connectivity index (χ0) is 14.5. The lowest BCUT2D eigenvalue weighted by Gasteiger charge is -2.36. The Kier molecular flexibility index (Phi) is 5.06. The number of hydrogen-bond donors (Lipinski definition) is 1. The highest BCUT2D eigenvalue weighted by atomic mass is 19.1. The first-order valence-electron chi connectivity index (χ1n) is 7.34. The van der Waals surface area contributed by atoms with Crippen molar-refractivity contribution in [1.29, 1.82) is 0 Å². The average molecular weight is 281 g/mol. The monoisotopic (exact) mass is 281 g/mol. The van der Waals surface area contributed by atoms with Crippen LogP contribution in [0.5, 0.6) is 5.75 Å². The van der Waals surface area contributed by atoms with Gasteiger partial charge in [0, 0.05) is 38.3 Å². The van der Waals surface area contributed by atoms with Crippen LogP contribution < -0.4 is 15.4 Å². The molecule has 5 heteroatoms. The van der Waals surface area contributed by atoms with Crippen molar-refractivity contribution in [2.45, 2.75) is 20.3 Å². The van der Waals surface area contributed by atoms with E-state index in [0.717, 1.165) is 44.8 Å². The number of ether oxygens (including phenoxy) is 1. The summed E-state index contributed by atoms with van der Waals surface area (Å²) in [5.41, 5.74) is 7.33. The van der Waals surface area contributed by atoms with Gasteiger partial charge in [-0.3, -0.25) is 0 Å². The van der Waals surface area contributed by atoms with E-state index >= 15 is 0 Å². The van der Waals surface area contributed by atoms with Gasteiger partial charge in [0.05, 0.1) is 18.0 Å². The van der Waals surface area contributed by atoms with Crippen molar-refractivity contribution in [3.05, 3.63) is 17.9 Å². The highest BCUT2D eigenvalue weighted by molar-refractivity contribution is 5.70. The molecule has 1 aliphatic heterocycles. The van der Waals surface area contributed by atoms with Crippen molar-refractivity contribution >= 4 is 11.4 Å². The van der Waals surface area contributed by atoms with E-state index in [0.29, 0.717) is 18.0 Å². The number of nitrogens with zero attached hydrogens (tertiary/aromatic N) is 2. The summed E-state index contributed by atoms with van der Waals surface area (Å²) in [4.78, 5) is 4.60. The van der Waals surface area contributed by atoms with Crippen LogP contribution in [-0.2, 0) is 0 Å². The van der Waals surface area contributed by atoms with Gasteiger partial charge in [0.25, 0.3) is 0 Å². The normalized spacial score (nSPS) is 16.4. The van der Waals surface area contributed by atoms with E-state index in [1.165, 1.54) is 6.07 Å². The lowest BCUT2D eigenvalue weighted by Crippen LogP contribution is -2.46. The Hall–Kier alpha value is -1.49. The molecule has 1 heterocycles. The third-order valence-corrected chi connectivity index (χ3v) is 3.70. The molecule has 0 aromatic heterocycles. The lowest BCUT2D eigenvalue weighted by molar-refractivity contribution is 0.271. The predicted molar refractivity (Wildman–Crippen MR) is 80.9 cm³/mol. The predicted octanol–water partition coefficient (Wildman–Crippen LogP) is 2.34. The Morgan fingerprint density at radius 2 is 1.90 bits per heavy atom. The van der Waals surface area contributed by atoms with Crippen LogP contribution >= 0.6 is 0 Å². The molecule has 0 amide bonds. The van der Waals surface area contributed by atoms with Crippen LogP contribution in [0.4, 0.5) is 15.8 Å². The molecule has 1 saturated heterocycles. The third kappa shape index (κ3) is 3.33. The molecule has 112 valence electrons. The minimum Gasteiger partial charge on any atom is -0.490 e. The van der Waals surface area contributed by atoms with Gasteiger partial charge in [-0.15, -0.1) is 0 Å². The van der Waals surface area contributed by atoms with Crippen molar-refractivity contribution in [2.75, 3.05) is 50.0 Å². The zero-order valence-electron chi connectivity index (χ0n) is 12.4. The Labute approximate surface area is 120 Å². The summed E-state index contributed by atoms with van der Waals surface area (Å²) in [5, 5.41) is 0. The van der Waals surface area contributed by atoms with Crippen molar-refractivity contribution in [3.63, 3.8) is 0 Å². The van der Waals surface area contributed by atoms with Crippen molar-refractivity contribution < 1.29 is 9.13 Å². The maximum atomic E-state index is 13.8. The Morgan fingerprint density at radius 1 is 1.20 bits per heavy atom. The zero-order valence-corrected chi connectivity index (χ0v) is 12.4. The summed E-state index contributed by atoms with van der Waals surface area (Å²) in [6.07, 6.45) is 0.855. The number of anilines is 2. The van der Waals surface area contributed by atoms with Gasteiger partial charge in [-0.1, -0.05) is 13.8 Å². The summed E-state index contributed by atoms with van der Waals surface area (Å²) in [6, 6.07) is 3.11. The summed E-state index contributed by atoms with van der Waals surface area (Å²) in [7, 11) is 0. The molecule has 0 spiro atoms. The van der Waals surface area contributed by atoms with E-state index in [1.54, 1.807) is 6.07 Å². The average Bonchev–Trinajstić information content (AvgIpc) is 2.47. The first-order chi connectivity index (χ1) is 9.65. The van der Waals surface area contributed by atoms with E-state index in [2.05, 4.69) is 16.7 Å². The minimum absolute atomic E-state index is 0.300. The molecule has 1 aromatic rings. The van der Waals surface area contributed by atoms with Crippen LogP contribution in [-0.4, -0.2) is 44.2 Å². The maximum Gasteiger partial charge on any atom is 0.167 e. The highest BCUT2D eigenvalue weighted by Gasteiger charge is 2.19.